The van der Waals surface area contributed by atoms with Crippen LogP contribution in [-0.4, -0.2) is 35.9 Å². The summed E-state index contributed by atoms with van der Waals surface area (Å²) in [6.45, 7) is 1.72. The third kappa shape index (κ3) is 5.80. The number of morpholine rings is 1. The number of hydrogen-bond donors (Lipinski definition) is 0. The monoisotopic (exact) mass is 522 g/mol. The maximum Gasteiger partial charge on any atom is 0.417 e. The Morgan fingerprint density at radius 2 is 1.78 bits per heavy atom. The fourth-order valence-corrected chi connectivity index (χ4v) is 3.66. The Morgan fingerprint density at radius 1 is 1.11 bits per heavy atom. The Kier molecular flexibility index (Phi) is 7.30. The Morgan fingerprint density at radius 3 is 2.41 bits per heavy atom. The van der Waals surface area contributed by atoms with E-state index >= 15 is 0 Å². The molecule has 3 aromatic rings. The zero-order valence-electron chi connectivity index (χ0n) is 19.3. The van der Waals surface area contributed by atoms with Crippen LogP contribution in [0, 0.1) is 23.0 Å². The first-order valence-electron chi connectivity index (χ1n) is 10.9. The van der Waals surface area contributed by atoms with Crippen molar-refractivity contribution in [3.05, 3.63) is 75.2 Å². The molecule has 0 aliphatic carbocycles. The molecule has 13 heteroatoms. The maximum absolute atomic E-state index is 14.6. The molecule has 0 N–H and O–H groups in total. The number of aromatic nitrogens is 2. The number of rotatable bonds is 6. The Bertz CT molecular complexity index is 1390. The number of anilines is 1. The average molecular weight is 522 g/mol. The van der Waals surface area contributed by atoms with Crippen LogP contribution in [0.3, 0.4) is 0 Å². The second-order valence-corrected chi connectivity index (χ2v) is 7.99. The fraction of sp³-hybridized carbons (Fsp3) is 0.292. The summed E-state index contributed by atoms with van der Waals surface area (Å²) in [5.74, 6) is -3.33. The molecule has 37 heavy (non-hydrogen) atoms. The van der Waals surface area contributed by atoms with Gasteiger partial charge in [-0.1, -0.05) is 0 Å². The second kappa shape index (κ2) is 10.4. The SMILES string of the molecule is Cn1c(N2CCOCC2)cc(OCc2cc(F)c(Oc3ccc(C#N)c(C(F)(F)F)c3)c(F)c2)nc1=O. The quantitative estimate of drug-likeness (QED) is 0.450. The third-order valence-corrected chi connectivity index (χ3v) is 5.51. The number of ether oxygens (including phenoxy) is 3. The number of nitriles is 1. The highest BCUT2D eigenvalue weighted by atomic mass is 19.4. The zero-order chi connectivity index (χ0) is 26.7. The summed E-state index contributed by atoms with van der Waals surface area (Å²) < 4.78 is 86.0. The van der Waals surface area contributed by atoms with Crippen molar-refractivity contribution in [2.75, 3.05) is 31.2 Å². The van der Waals surface area contributed by atoms with Crippen LogP contribution in [0.25, 0.3) is 0 Å². The van der Waals surface area contributed by atoms with Gasteiger partial charge in [0.25, 0.3) is 0 Å². The van der Waals surface area contributed by atoms with Crippen LogP contribution in [-0.2, 0) is 24.6 Å². The lowest BCUT2D eigenvalue weighted by Gasteiger charge is -2.29. The molecule has 4 rings (SSSR count). The van der Waals surface area contributed by atoms with Gasteiger partial charge in [-0.2, -0.15) is 23.4 Å². The van der Waals surface area contributed by atoms with E-state index in [9.17, 15) is 26.7 Å². The van der Waals surface area contributed by atoms with Gasteiger partial charge in [-0.15, -0.1) is 0 Å². The molecule has 0 unspecified atom stereocenters. The molecule has 0 amide bonds. The van der Waals surface area contributed by atoms with Gasteiger partial charge in [0.05, 0.1) is 30.4 Å². The van der Waals surface area contributed by atoms with Gasteiger partial charge in [0, 0.05) is 26.2 Å². The van der Waals surface area contributed by atoms with Gasteiger partial charge in [-0.3, -0.25) is 4.57 Å². The van der Waals surface area contributed by atoms with Crippen molar-refractivity contribution >= 4 is 5.82 Å². The van der Waals surface area contributed by atoms with E-state index in [2.05, 4.69) is 4.98 Å². The van der Waals surface area contributed by atoms with Crippen molar-refractivity contribution in [3.8, 4) is 23.4 Å². The van der Waals surface area contributed by atoms with Gasteiger partial charge in [-0.25, -0.2) is 13.6 Å². The molecule has 1 aliphatic rings. The van der Waals surface area contributed by atoms with Crippen LogP contribution in [0.2, 0.25) is 0 Å². The predicted octanol–water partition coefficient (Wildman–Crippen LogP) is 4.16. The molecular formula is C24H19F5N4O4. The van der Waals surface area contributed by atoms with Crippen molar-refractivity contribution < 1.29 is 36.2 Å². The largest absolute Gasteiger partial charge is 0.473 e. The van der Waals surface area contributed by atoms with E-state index in [0.29, 0.717) is 38.2 Å². The third-order valence-electron chi connectivity index (χ3n) is 5.51. The van der Waals surface area contributed by atoms with E-state index in [-0.39, 0.29) is 18.1 Å². The first-order chi connectivity index (χ1) is 17.6. The highest BCUT2D eigenvalue weighted by Gasteiger charge is 2.34. The molecule has 0 bridgehead atoms. The first-order valence-corrected chi connectivity index (χ1v) is 10.9. The van der Waals surface area contributed by atoms with Crippen LogP contribution >= 0.6 is 0 Å². The lowest BCUT2D eigenvalue weighted by atomic mass is 10.1. The van der Waals surface area contributed by atoms with E-state index in [0.717, 1.165) is 24.3 Å². The van der Waals surface area contributed by atoms with E-state index in [4.69, 9.17) is 19.5 Å². The van der Waals surface area contributed by atoms with Crippen LogP contribution in [0.1, 0.15) is 16.7 Å². The highest BCUT2D eigenvalue weighted by molar-refractivity contribution is 5.46. The molecule has 0 atom stereocenters. The van der Waals surface area contributed by atoms with E-state index in [1.165, 1.54) is 16.7 Å². The zero-order valence-corrected chi connectivity index (χ0v) is 19.3. The van der Waals surface area contributed by atoms with Crippen LogP contribution in [0.5, 0.6) is 17.4 Å². The van der Waals surface area contributed by atoms with Gasteiger partial charge in [-0.05, 0) is 35.9 Å². The summed E-state index contributed by atoms with van der Waals surface area (Å²) in [5.41, 5.74) is -2.51. The number of hydrogen-bond acceptors (Lipinski definition) is 7. The van der Waals surface area contributed by atoms with Gasteiger partial charge < -0.3 is 19.1 Å². The summed E-state index contributed by atoms with van der Waals surface area (Å²) >= 11 is 0. The molecule has 1 aromatic heterocycles. The van der Waals surface area contributed by atoms with Gasteiger partial charge in [0.15, 0.2) is 17.4 Å². The summed E-state index contributed by atoms with van der Waals surface area (Å²) in [6, 6.07) is 7.04. The Balaban J connectivity index is 1.52. The summed E-state index contributed by atoms with van der Waals surface area (Å²) in [6.07, 6.45) is -4.86. The predicted molar refractivity (Wildman–Crippen MR) is 119 cm³/mol. The summed E-state index contributed by atoms with van der Waals surface area (Å²) in [4.78, 5) is 18.0. The smallest absolute Gasteiger partial charge is 0.417 e. The molecule has 0 saturated carbocycles. The minimum atomic E-state index is -4.86. The Labute approximate surface area is 207 Å². The fourth-order valence-electron chi connectivity index (χ4n) is 3.66. The topological polar surface area (TPSA) is 89.6 Å². The van der Waals surface area contributed by atoms with Crippen molar-refractivity contribution in [1.29, 1.82) is 5.26 Å². The number of benzene rings is 2. The summed E-state index contributed by atoms with van der Waals surface area (Å²) in [7, 11) is 1.55. The molecule has 8 nitrogen and oxygen atoms in total. The molecule has 2 aromatic carbocycles. The molecule has 194 valence electrons. The maximum atomic E-state index is 14.6. The normalized spacial score (nSPS) is 13.8. The second-order valence-electron chi connectivity index (χ2n) is 7.99. The van der Waals surface area contributed by atoms with Crippen molar-refractivity contribution in [3.63, 3.8) is 0 Å². The lowest BCUT2D eigenvalue weighted by Crippen LogP contribution is -2.39. The van der Waals surface area contributed by atoms with Crippen LogP contribution < -0.4 is 20.1 Å². The number of alkyl halides is 3. The van der Waals surface area contributed by atoms with Crippen LogP contribution in [0.4, 0.5) is 27.8 Å². The molecule has 1 saturated heterocycles. The van der Waals surface area contributed by atoms with Crippen molar-refractivity contribution in [2.45, 2.75) is 12.8 Å². The molecule has 2 heterocycles. The highest BCUT2D eigenvalue weighted by Crippen LogP contribution is 2.36. The molecule has 1 aliphatic heterocycles. The number of nitrogens with zero attached hydrogens (tertiary/aromatic N) is 4. The first kappa shape index (κ1) is 25.9. The molecular weight excluding hydrogens is 503 g/mol. The van der Waals surface area contributed by atoms with Gasteiger partial charge in [0.2, 0.25) is 5.88 Å². The van der Waals surface area contributed by atoms with E-state index in [1.807, 2.05) is 4.90 Å². The minimum absolute atomic E-state index is 0.0218. The van der Waals surface area contributed by atoms with Crippen molar-refractivity contribution in [1.82, 2.24) is 9.55 Å². The van der Waals surface area contributed by atoms with E-state index < -0.39 is 46.1 Å². The molecule has 0 radical (unpaired) electrons. The standard InChI is InChI=1S/C24H19F5N4O4/c1-32-21(33-4-6-35-7-5-33)11-20(31-23(32)34)36-13-14-8-18(25)22(19(26)9-14)37-16-3-2-15(12-30)17(10-16)24(27,28)29/h2-3,8-11H,4-7,13H2,1H3. The number of halogens is 5. The van der Waals surface area contributed by atoms with Crippen LogP contribution in [0.15, 0.2) is 41.2 Å². The average Bonchev–Trinajstić information content (AvgIpc) is 2.86. The lowest BCUT2D eigenvalue weighted by molar-refractivity contribution is -0.137. The van der Waals surface area contributed by atoms with Crippen molar-refractivity contribution in [2.24, 2.45) is 7.05 Å². The van der Waals surface area contributed by atoms with E-state index in [1.54, 1.807) is 7.05 Å². The Hall–Kier alpha value is -4.18. The van der Waals surface area contributed by atoms with Gasteiger partial charge in [0.1, 0.15) is 18.2 Å². The molecule has 0 spiro atoms. The molecule has 1 fully saturated rings. The van der Waals surface area contributed by atoms with Gasteiger partial charge >= 0.3 is 11.9 Å². The summed E-state index contributed by atoms with van der Waals surface area (Å²) in [5, 5.41) is 8.87. The minimum Gasteiger partial charge on any atom is -0.473 e.